The van der Waals surface area contributed by atoms with E-state index in [0.717, 1.165) is 35.9 Å². The average Bonchev–Trinajstić information content (AvgIpc) is 2.64. The van der Waals surface area contributed by atoms with Gasteiger partial charge in [-0.3, -0.25) is 4.99 Å². The van der Waals surface area contributed by atoms with Crippen LogP contribution in [0.25, 0.3) is 0 Å². The Balaban J connectivity index is 1.71. The summed E-state index contributed by atoms with van der Waals surface area (Å²) in [7, 11) is 0. The fourth-order valence-electron chi connectivity index (χ4n) is 1.96. The van der Waals surface area contributed by atoms with E-state index in [4.69, 9.17) is 9.47 Å². The van der Waals surface area contributed by atoms with Gasteiger partial charge in [0.2, 0.25) is 0 Å². The molecular weight excluding hydrogens is 318 g/mol. The molecule has 0 fully saturated rings. The molecule has 25 heavy (non-hydrogen) atoms. The highest BCUT2D eigenvalue weighted by atomic mass is 16.5. The van der Waals surface area contributed by atoms with Gasteiger partial charge in [-0.2, -0.15) is 0 Å². The van der Waals surface area contributed by atoms with Gasteiger partial charge in [-0.1, -0.05) is 6.58 Å². The third-order valence-corrected chi connectivity index (χ3v) is 3.31. The predicted octanol–water partition coefficient (Wildman–Crippen LogP) is 4.03. The van der Waals surface area contributed by atoms with Crippen LogP contribution in [0.15, 0.2) is 66.2 Å². The molecular formula is C20H21NO4. The molecule has 5 heteroatoms. The maximum absolute atomic E-state index is 10.9. The minimum atomic E-state index is -0.398. The lowest BCUT2D eigenvalue weighted by Gasteiger charge is -2.06. The van der Waals surface area contributed by atoms with E-state index in [0.29, 0.717) is 13.2 Å². The number of unbranched alkanes of at least 4 members (excludes halogenated alkanes) is 1. The number of hydrogen-bond donors (Lipinski definition) is 1. The van der Waals surface area contributed by atoms with Crippen LogP contribution in [-0.2, 0) is 9.53 Å². The minimum absolute atomic E-state index is 0.222. The van der Waals surface area contributed by atoms with Crippen LogP contribution in [0.2, 0.25) is 0 Å². The van der Waals surface area contributed by atoms with Gasteiger partial charge >= 0.3 is 5.97 Å². The summed E-state index contributed by atoms with van der Waals surface area (Å²) in [5, 5.41) is 9.24. The van der Waals surface area contributed by atoms with E-state index in [-0.39, 0.29) is 5.75 Å². The monoisotopic (exact) mass is 339 g/mol. The number of phenols is 1. The van der Waals surface area contributed by atoms with E-state index in [9.17, 15) is 9.90 Å². The maximum atomic E-state index is 10.9. The number of carbonyl (C=O) groups is 1. The van der Waals surface area contributed by atoms with E-state index in [1.165, 1.54) is 0 Å². The number of benzene rings is 2. The number of aromatic hydroxyl groups is 1. The molecule has 130 valence electrons. The van der Waals surface area contributed by atoms with Crippen LogP contribution in [0, 0.1) is 0 Å². The van der Waals surface area contributed by atoms with Gasteiger partial charge in [-0.25, -0.2) is 4.79 Å². The van der Waals surface area contributed by atoms with E-state index in [2.05, 4.69) is 11.6 Å². The van der Waals surface area contributed by atoms with Gasteiger partial charge in [-0.05, 0) is 66.9 Å². The molecule has 0 spiro atoms. The smallest absolute Gasteiger partial charge is 0.330 e. The Labute approximate surface area is 147 Å². The van der Waals surface area contributed by atoms with Crippen molar-refractivity contribution in [3.8, 4) is 11.5 Å². The van der Waals surface area contributed by atoms with Crippen LogP contribution >= 0.6 is 0 Å². The largest absolute Gasteiger partial charge is 0.508 e. The first kappa shape index (κ1) is 18.3. The van der Waals surface area contributed by atoms with Crippen molar-refractivity contribution < 1.29 is 19.4 Å². The van der Waals surface area contributed by atoms with Gasteiger partial charge in [0.15, 0.2) is 0 Å². The highest BCUT2D eigenvalue weighted by Crippen LogP contribution is 2.17. The fourth-order valence-corrected chi connectivity index (χ4v) is 1.96. The first-order valence-electron chi connectivity index (χ1n) is 8.02. The molecule has 2 rings (SSSR count). The molecule has 0 unspecified atom stereocenters. The van der Waals surface area contributed by atoms with Gasteiger partial charge in [-0.15, -0.1) is 0 Å². The van der Waals surface area contributed by atoms with Crippen molar-refractivity contribution in [1.82, 2.24) is 0 Å². The van der Waals surface area contributed by atoms with Crippen LogP contribution in [-0.4, -0.2) is 30.5 Å². The summed E-state index contributed by atoms with van der Waals surface area (Å²) in [6, 6.07) is 14.3. The maximum Gasteiger partial charge on any atom is 0.330 e. The zero-order valence-electron chi connectivity index (χ0n) is 13.9. The van der Waals surface area contributed by atoms with E-state index in [1.54, 1.807) is 30.5 Å². The lowest BCUT2D eigenvalue weighted by Crippen LogP contribution is -2.04. The van der Waals surface area contributed by atoms with Gasteiger partial charge < -0.3 is 14.6 Å². The number of rotatable bonds is 9. The molecule has 0 amide bonds. The van der Waals surface area contributed by atoms with Crippen molar-refractivity contribution in [2.45, 2.75) is 12.8 Å². The van der Waals surface area contributed by atoms with Gasteiger partial charge in [0.1, 0.15) is 11.5 Å². The Bertz CT molecular complexity index is 705. The van der Waals surface area contributed by atoms with Crippen LogP contribution in [0.5, 0.6) is 11.5 Å². The van der Waals surface area contributed by atoms with Gasteiger partial charge in [0.25, 0.3) is 0 Å². The lowest BCUT2D eigenvalue weighted by molar-refractivity contribution is -0.137. The van der Waals surface area contributed by atoms with Crippen LogP contribution < -0.4 is 4.74 Å². The first-order chi connectivity index (χ1) is 12.2. The van der Waals surface area contributed by atoms with Gasteiger partial charge in [0.05, 0.1) is 18.9 Å². The molecule has 0 aliphatic carbocycles. The van der Waals surface area contributed by atoms with Crippen LogP contribution in [0.3, 0.4) is 0 Å². The Morgan fingerprint density at radius 3 is 2.40 bits per heavy atom. The third-order valence-electron chi connectivity index (χ3n) is 3.31. The molecule has 0 bridgehead atoms. The van der Waals surface area contributed by atoms with Crippen molar-refractivity contribution in [2.75, 3.05) is 13.2 Å². The summed E-state index contributed by atoms with van der Waals surface area (Å²) in [4.78, 5) is 15.2. The van der Waals surface area contributed by atoms with E-state index >= 15 is 0 Å². The number of carbonyl (C=O) groups excluding carboxylic acids is 1. The van der Waals surface area contributed by atoms with Crippen molar-refractivity contribution in [3.05, 3.63) is 66.7 Å². The average molecular weight is 339 g/mol. The zero-order chi connectivity index (χ0) is 17.9. The second kappa shape index (κ2) is 9.93. The molecule has 0 saturated heterocycles. The molecule has 2 aromatic carbocycles. The second-order valence-corrected chi connectivity index (χ2v) is 5.27. The summed E-state index contributed by atoms with van der Waals surface area (Å²) >= 11 is 0. The van der Waals surface area contributed by atoms with E-state index in [1.807, 2.05) is 24.3 Å². The van der Waals surface area contributed by atoms with Crippen molar-refractivity contribution in [2.24, 2.45) is 4.99 Å². The highest BCUT2D eigenvalue weighted by molar-refractivity contribution is 5.82. The standard InChI is InChI=1S/C20H21NO4/c1-2-20(23)25-14-4-3-13-24-19-11-5-16(6-12-19)15-21-17-7-9-18(22)10-8-17/h2,5-12,15,22H,1,3-4,13-14H2. The molecule has 0 aromatic heterocycles. The normalized spacial score (nSPS) is 10.6. The topological polar surface area (TPSA) is 68.1 Å². The molecule has 0 saturated carbocycles. The number of aliphatic imine (C=N–C) groups is 1. The number of hydrogen-bond acceptors (Lipinski definition) is 5. The first-order valence-corrected chi connectivity index (χ1v) is 8.02. The molecule has 0 radical (unpaired) electrons. The Morgan fingerprint density at radius 1 is 1.04 bits per heavy atom. The van der Waals surface area contributed by atoms with Crippen molar-refractivity contribution >= 4 is 17.9 Å². The molecule has 0 atom stereocenters. The van der Waals surface area contributed by atoms with Crippen LogP contribution in [0.4, 0.5) is 5.69 Å². The summed E-state index contributed by atoms with van der Waals surface area (Å²) in [5.41, 5.74) is 1.73. The predicted molar refractivity (Wildman–Crippen MR) is 97.7 cm³/mol. The summed E-state index contributed by atoms with van der Waals surface area (Å²) < 4.78 is 10.5. The molecule has 1 N–H and O–H groups in total. The Kier molecular flexibility index (Phi) is 7.25. The molecule has 0 aliphatic heterocycles. The quantitative estimate of drug-likeness (QED) is 0.324. The van der Waals surface area contributed by atoms with Crippen molar-refractivity contribution in [1.29, 1.82) is 0 Å². The fraction of sp³-hybridized carbons (Fsp3) is 0.200. The molecule has 0 aliphatic rings. The van der Waals surface area contributed by atoms with Gasteiger partial charge in [0, 0.05) is 12.3 Å². The second-order valence-electron chi connectivity index (χ2n) is 5.27. The minimum Gasteiger partial charge on any atom is -0.508 e. The SMILES string of the molecule is C=CC(=O)OCCCCOc1ccc(C=Nc2ccc(O)cc2)cc1. The number of phenolic OH excluding ortho intramolecular Hbond substituents is 1. The summed E-state index contributed by atoms with van der Waals surface area (Å²) in [6.45, 7) is 4.28. The molecule has 5 nitrogen and oxygen atoms in total. The highest BCUT2D eigenvalue weighted by Gasteiger charge is 1.97. The third kappa shape index (κ3) is 6.91. The summed E-state index contributed by atoms with van der Waals surface area (Å²) in [5.74, 6) is 0.606. The number of nitrogens with zero attached hydrogens (tertiary/aromatic N) is 1. The molecule has 0 heterocycles. The Morgan fingerprint density at radius 2 is 1.72 bits per heavy atom. The Hall–Kier alpha value is -3.08. The zero-order valence-corrected chi connectivity index (χ0v) is 13.9. The van der Waals surface area contributed by atoms with Crippen molar-refractivity contribution in [3.63, 3.8) is 0 Å². The van der Waals surface area contributed by atoms with E-state index < -0.39 is 5.97 Å². The lowest BCUT2D eigenvalue weighted by atomic mass is 10.2. The van der Waals surface area contributed by atoms with Crippen LogP contribution in [0.1, 0.15) is 18.4 Å². The number of esters is 1. The molecule has 2 aromatic rings. The number of ether oxygens (including phenoxy) is 2. The summed E-state index contributed by atoms with van der Waals surface area (Å²) in [6.07, 6.45) is 4.46.